The third-order valence-corrected chi connectivity index (χ3v) is 3.83. The van der Waals surface area contributed by atoms with E-state index in [1.807, 2.05) is 0 Å². The highest BCUT2D eigenvalue weighted by Gasteiger charge is 2.15. The predicted octanol–water partition coefficient (Wildman–Crippen LogP) is 2.90. The molecule has 1 amide bonds. The van der Waals surface area contributed by atoms with Gasteiger partial charge in [-0.15, -0.1) is 0 Å². The number of carbonyl (C=O) groups is 2. The van der Waals surface area contributed by atoms with Crippen molar-refractivity contribution in [2.45, 2.75) is 6.42 Å². The molecule has 1 aliphatic heterocycles. The molecule has 3 rings (SSSR count). The minimum atomic E-state index is -0.440. The molecule has 0 bridgehead atoms. The molecule has 7 heteroatoms. The van der Waals surface area contributed by atoms with Gasteiger partial charge in [-0.25, -0.2) is 0 Å². The number of rotatable bonds is 5. The molecule has 124 valence electrons. The zero-order valence-electron chi connectivity index (χ0n) is 12.6. The fraction of sp³-hybridized carbons (Fsp3) is 0.176. The lowest BCUT2D eigenvalue weighted by molar-refractivity contribution is -0.134. The molecule has 0 saturated carbocycles. The second-order valence-corrected chi connectivity index (χ2v) is 5.92. The maximum absolute atomic E-state index is 11.9. The molecule has 0 spiro atoms. The van der Waals surface area contributed by atoms with Crippen LogP contribution in [0, 0.1) is 0 Å². The van der Waals surface area contributed by atoms with Gasteiger partial charge < -0.3 is 19.5 Å². The molecular weight excluding hydrogens is 378 g/mol. The van der Waals surface area contributed by atoms with Gasteiger partial charge in [-0.3, -0.25) is 9.59 Å². The van der Waals surface area contributed by atoms with E-state index >= 15 is 0 Å². The van der Waals surface area contributed by atoms with E-state index in [9.17, 15) is 9.59 Å². The Balaban J connectivity index is 1.45. The third kappa shape index (κ3) is 4.05. The van der Waals surface area contributed by atoms with Gasteiger partial charge in [0.15, 0.2) is 11.5 Å². The van der Waals surface area contributed by atoms with Crippen LogP contribution in [0.2, 0.25) is 0 Å². The summed E-state index contributed by atoms with van der Waals surface area (Å²) in [6, 6.07) is 11.9. The van der Waals surface area contributed by atoms with Gasteiger partial charge in [0.1, 0.15) is 5.75 Å². The van der Waals surface area contributed by atoms with Gasteiger partial charge in [-0.1, -0.05) is 15.9 Å². The maximum atomic E-state index is 11.9. The number of amides is 1. The number of halogens is 1. The summed E-state index contributed by atoms with van der Waals surface area (Å²) in [4.78, 5) is 23.7. The van der Waals surface area contributed by atoms with Crippen LogP contribution >= 0.6 is 15.9 Å². The summed E-state index contributed by atoms with van der Waals surface area (Å²) in [5, 5.41) is 2.68. The van der Waals surface area contributed by atoms with Crippen LogP contribution in [0.4, 0.5) is 0 Å². The molecule has 1 heterocycles. The summed E-state index contributed by atoms with van der Waals surface area (Å²) >= 11 is 3.31. The Labute approximate surface area is 146 Å². The van der Waals surface area contributed by atoms with E-state index in [-0.39, 0.29) is 25.7 Å². The Hall–Kier alpha value is -2.54. The van der Waals surface area contributed by atoms with Gasteiger partial charge in [0, 0.05) is 22.6 Å². The van der Waals surface area contributed by atoms with Crippen LogP contribution in [0.3, 0.4) is 0 Å². The van der Waals surface area contributed by atoms with Crippen molar-refractivity contribution < 1.29 is 23.8 Å². The zero-order valence-corrected chi connectivity index (χ0v) is 14.2. The van der Waals surface area contributed by atoms with Crippen LogP contribution in [0.1, 0.15) is 16.8 Å². The summed E-state index contributed by atoms with van der Waals surface area (Å²) in [5.41, 5.74) is 0.530. The first kappa shape index (κ1) is 16.3. The fourth-order valence-corrected chi connectivity index (χ4v) is 2.37. The summed E-state index contributed by atoms with van der Waals surface area (Å²) in [6.07, 6.45) is 0.0662. The molecular formula is C17H14BrNO5. The van der Waals surface area contributed by atoms with Gasteiger partial charge in [0.2, 0.25) is 6.79 Å². The van der Waals surface area contributed by atoms with Crippen LogP contribution < -0.4 is 19.5 Å². The second kappa shape index (κ2) is 7.35. The summed E-state index contributed by atoms with van der Waals surface area (Å²) < 4.78 is 16.5. The van der Waals surface area contributed by atoms with Crippen LogP contribution in [0.15, 0.2) is 46.9 Å². The molecule has 6 nitrogen and oxygen atoms in total. The van der Waals surface area contributed by atoms with Crippen molar-refractivity contribution in [2.24, 2.45) is 0 Å². The van der Waals surface area contributed by atoms with Crippen molar-refractivity contribution in [2.75, 3.05) is 13.3 Å². The summed E-state index contributed by atoms with van der Waals surface area (Å²) in [5.74, 6) is 0.868. The van der Waals surface area contributed by atoms with E-state index < -0.39 is 5.97 Å². The Morgan fingerprint density at radius 3 is 2.62 bits per heavy atom. The molecule has 1 N–H and O–H groups in total. The average Bonchev–Trinajstić information content (AvgIpc) is 3.03. The number of hydrogen-bond acceptors (Lipinski definition) is 5. The van der Waals surface area contributed by atoms with E-state index in [1.54, 1.807) is 42.5 Å². The molecule has 0 saturated heterocycles. The summed E-state index contributed by atoms with van der Waals surface area (Å²) in [6.45, 7) is 0.354. The first-order valence-electron chi connectivity index (χ1n) is 7.26. The molecule has 24 heavy (non-hydrogen) atoms. The van der Waals surface area contributed by atoms with Crippen molar-refractivity contribution in [1.29, 1.82) is 0 Å². The van der Waals surface area contributed by atoms with Gasteiger partial charge in [-0.05, 0) is 36.4 Å². The topological polar surface area (TPSA) is 73.9 Å². The number of ether oxygens (including phenoxy) is 3. The lowest BCUT2D eigenvalue weighted by Gasteiger charge is -2.07. The highest BCUT2D eigenvalue weighted by atomic mass is 79.9. The van der Waals surface area contributed by atoms with Crippen LogP contribution in [-0.4, -0.2) is 25.2 Å². The molecule has 0 atom stereocenters. The Bertz CT molecular complexity index is 760. The van der Waals surface area contributed by atoms with Gasteiger partial charge in [-0.2, -0.15) is 0 Å². The van der Waals surface area contributed by atoms with Crippen molar-refractivity contribution in [1.82, 2.24) is 5.32 Å². The standard InChI is InChI=1S/C17H14BrNO5/c18-12-3-1-11(2-4-12)17(21)19-8-7-16(20)24-13-5-6-14-15(9-13)23-10-22-14/h1-6,9H,7-8,10H2,(H,19,21). The normalized spacial score (nSPS) is 11.9. The first-order chi connectivity index (χ1) is 11.6. The van der Waals surface area contributed by atoms with Gasteiger partial charge >= 0.3 is 5.97 Å². The molecule has 1 aliphatic rings. The average molecular weight is 392 g/mol. The molecule has 0 aromatic heterocycles. The Kier molecular flexibility index (Phi) is 5.00. The minimum absolute atomic E-state index is 0.0662. The summed E-state index contributed by atoms with van der Waals surface area (Å²) in [7, 11) is 0. The Morgan fingerprint density at radius 1 is 1.08 bits per heavy atom. The van der Waals surface area contributed by atoms with E-state index in [4.69, 9.17) is 14.2 Å². The van der Waals surface area contributed by atoms with Crippen molar-refractivity contribution in [3.05, 3.63) is 52.5 Å². The van der Waals surface area contributed by atoms with E-state index in [2.05, 4.69) is 21.2 Å². The van der Waals surface area contributed by atoms with Crippen molar-refractivity contribution in [3.8, 4) is 17.2 Å². The van der Waals surface area contributed by atoms with Crippen molar-refractivity contribution >= 4 is 27.8 Å². The largest absolute Gasteiger partial charge is 0.454 e. The molecule has 0 aliphatic carbocycles. The maximum Gasteiger partial charge on any atom is 0.312 e. The Morgan fingerprint density at radius 2 is 1.83 bits per heavy atom. The van der Waals surface area contributed by atoms with E-state index in [1.165, 1.54) is 0 Å². The van der Waals surface area contributed by atoms with Crippen molar-refractivity contribution in [3.63, 3.8) is 0 Å². The number of esters is 1. The number of fused-ring (bicyclic) bond motifs is 1. The minimum Gasteiger partial charge on any atom is -0.454 e. The molecule has 2 aromatic rings. The van der Waals surface area contributed by atoms with E-state index in [0.717, 1.165) is 4.47 Å². The second-order valence-electron chi connectivity index (χ2n) is 5.00. The highest BCUT2D eigenvalue weighted by Crippen LogP contribution is 2.35. The lowest BCUT2D eigenvalue weighted by Crippen LogP contribution is -2.27. The van der Waals surface area contributed by atoms with Gasteiger partial charge in [0.25, 0.3) is 5.91 Å². The quantitative estimate of drug-likeness (QED) is 0.626. The van der Waals surface area contributed by atoms with Gasteiger partial charge in [0.05, 0.1) is 6.42 Å². The molecule has 0 radical (unpaired) electrons. The smallest absolute Gasteiger partial charge is 0.312 e. The number of nitrogens with one attached hydrogen (secondary N) is 1. The van der Waals surface area contributed by atoms with E-state index in [0.29, 0.717) is 22.8 Å². The SMILES string of the molecule is O=C(CCNC(=O)c1ccc(Br)cc1)Oc1ccc2c(c1)OCO2. The third-order valence-electron chi connectivity index (χ3n) is 3.30. The molecule has 0 fully saturated rings. The zero-order chi connectivity index (χ0) is 16.9. The fourth-order valence-electron chi connectivity index (χ4n) is 2.10. The predicted molar refractivity (Wildman–Crippen MR) is 89.3 cm³/mol. The number of benzene rings is 2. The number of hydrogen-bond donors (Lipinski definition) is 1. The molecule has 0 unspecified atom stereocenters. The van der Waals surface area contributed by atoms with Crippen LogP contribution in [0.5, 0.6) is 17.2 Å². The van der Waals surface area contributed by atoms with Crippen LogP contribution in [0.25, 0.3) is 0 Å². The van der Waals surface area contributed by atoms with Crippen LogP contribution in [-0.2, 0) is 4.79 Å². The highest BCUT2D eigenvalue weighted by molar-refractivity contribution is 9.10. The molecule has 2 aromatic carbocycles. The first-order valence-corrected chi connectivity index (χ1v) is 8.05. The lowest BCUT2D eigenvalue weighted by atomic mass is 10.2. The number of carbonyl (C=O) groups excluding carboxylic acids is 2. The monoisotopic (exact) mass is 391 g/mol.